The van der Waals surface area contributed by atoms with Crippen LogP contribution in [0.25, 0.3) is 16.9 Å². The van der Waals surface area contributed by atoms with Crippen molar-refractivity contribution in [2.75, 3.05) is 0 Å². The van der Waals surface area contributed by atoms with Crippen molar-refractivity contribution < 1.29 is 19.8 Å². The second-order valence-electron chi connectivity index (χ2n) is 8.16. The number of aromatic nitrogens is 3. The molecular formula is C23H22N4O4. The third-order valence-corrected chi connectivity index (χ3v) is 5.83. The highest BCUT2D eigenvalue weighted by Gasteiger charge is 2.35. The lowest BCUT2D eigenvalue weighted by Gasteiger charge is -2.20. The first kappa shape index (κ1) is 20.5. The van der Waals surface area contributed by atoms with Gasteiger partial charge in [0.25, 0.3) is 0 Å². The van der Waals surface area contributed by atoms with Crippen LogP contribution in [0.4, 0.5) is 0 Å². The molecule has 2 N–H and O–H groups in total. The summed E-state index contributed by atoms with van der Waals surface area (Å²) in [6.07, 6.45) is 1.80. The van der Waals surface area contributed by atoms with E-state index in [1.165, 1.54) is 6.07 Å². The summed E-state index contributed by atoms with van der Waals surface area (Å²) < 4.78 is 1.62. The van der Waals surface area contributed by atoms with E-state index in [0.717, 1.165) is 24.1 Å². The number of aryl methyl sites for hydroxylation is 2. The number of pyridine rings is 1. The van der Waals surface area contributed by atoms with Crippen LogP contribution < -0.4 is 0 Å². The van der Waals surface area contributed by atoms with Crippen LogP contribution in [0.2, 0.25) is 0 Å². The Balaban J connectivity index is 2.21. The van der Waals surface area contributed by atoms with Gasteiger partial charge in [-0.2, -0.15) is 5.26 Å². The molecule has 4 rings (SSSR count). The molecule has 0 radical (unpaired) electrons. The molecule has 2 aromatic heterocycles. The number of rotatable bonds is 5. The second kappa shape index (κ2) is 7.20. The fraction of sp³-hybridized carbons (Fsp3) is 0.348. The number of nitriles is 1. The summed E-state index contributed by atoms with van der Waals surface area (Å²) in [4.78, 5) is 34.1. The van der Waals surface area contributed by atoms with Gasteiger partial charge in [-0.05, 0) is 69.4 Å². The second-order valence-corrected chi connectivity index (χ2v) is 8.16. The molecule has 0 bridgehead atoms. The summed E-state index contributed by atoms with van der Waals surface area (Å²) in [5.41, 5.74) is 3.19. The maximum atomic E-state index is 12.4. The molecule has 0 saturated heterocycles. The van der Waals surface area contributed by atoms with Crippen molar-refractivity contribution in [3.8, 4) is 11.8 Å². The molecule has 0 spiro atoms. The van der Waals surface area contributed by atoms with Crippen LogP contribution in [0.1, 0.15) is 80.5 Å². The zero-order valence-electron chi connectivity index (χ0n) is 17.7. The molecule has 2 heterocycles. The number of benzene rings is 1. The maximum absolute atomic E-state index is 12.4. The zero-order chi connectivity index (χ0) is 22.6. The van der Waals surface area contributed by atoms with E-state index in [1.807, 2.05) is 19.9 Å². The fourth-order valence-electron chi connectivity index (χ4n) is 4.18. The highest BCUT2D eigenvalue weighted by Crippen LogP contribution is 2.43. The van der Waals surface area contributed by atoms with Crippen LogP contribution in [-0.2, 0) is 0 Å². The minimum absolute atomic E-state index is 0.0493. The molecular weight excluding hydrogens is 396 g/mol. The normalized spacial score (nSPS) is 14.4. The van der Waals surface area contributed by atoms with Crippen molar-refractivity contribution in [3.05, 3.63) is 51.5 Å². The Morgan fingerprint density at radius 3 is 2.39 bits per heavy atom. The smallest absolute Gasteiger partial charge is 0.338 e. The third-order valence-electron chi connectivity index (χ3n) is 5.83. The molecule has 1 saturated carbocycles. The molecule has 31 heavy (non-hydrogen) atoms. The third kappa shape index (κ3) is 3.22. The average Bonchev–Trinajstić information content (AvgIpc) is 3.47. The van der Waals surface area contributed by atoms with Gasteiger partial charge in [0.15, 0.2) is 5.65 Å². The van der Waals surface area contributed by atoms with Gasteiger partial charge in [-0.15, -0.1) is 0 Å². The van der Waals surface area contributed by atoms with Crippen LogP contribution in [0.15, 0.2) is 12.1 Å². The fourth-order valence-corrected chi connectivity index (χ4v) is 4.18. The monoisotopic (exact) mass is 418 g/mol. The first-order chi connectivity index (χ1) is 14.6. The van der Waals surface area contributed by atoms with Gasteiger partial charge >= 0.3 is 11.9 Å². The summed E-state index contributed by atoms with van der Waals surface area (Å²) >= 11 is 0. The van der Waals surface area contributed by atoms with Crippen molar-refractivity contribution in [1.82, 2.24) is 14.5 Å². The van der Waals surface area contributed by atoms with Crippen molar-refractivity contribution in [3.63, 3.8) is 0 Å². The Kier molecular flexibility index (Phi) is 4.77. The van der Waals surface area contributed by atoms with Crippen LogP contribution in [0, 0.1) is 32.1 Å². The largest absolute Gasteiger partial charge is 0.478 e. The van der Waals surface area contributed by atoms with Crippen molar-refractivity contribution >= 4 is 23.1 Å². The molecule has 3 aromatic rings. The van der Waals surface area contributed by atoms with E-state index >= 15 is 0 Å². The average molecular weight is 418 g/mol. The summed E-state index contributed by atoms with van der Waals surface area (Å²) in [7, 11) is 0. The van der Waals surface area contributed by atoms with E-state index in [1.54, 1.807) is 18.4 Å². The first-order valence-electron chi connectivity index (χ1n) is 10.1. The minimum Gasteiger partial charge on any atom is -0.478 e. The van der Waals surface area contributed by atoms with Gasteiger partial charge in [0.1, 0.15) is 11.3 Å². The lowest BCUT2D eigenvalue weighted by molar-refractivity contribution is 0.0695. The van der Waals surface area contributed by atoms with Gasteiger partial charge in [0.05, 0.1) is 28.8 Å². The van der Waals surface area contributed by atoms with E-state index in [4.69, 9.17) is 4.98 Å². The Hall–Kier alpha value is -3.73. The highest BCUT2D eigenvalue weighted by molar-refractivity contribution is 6.03. The molecule has 1 aliphatic rings. The number of imidazole rings is 1. The van der Waals surface area contributed by atoms with Crippen LogP contribution in [-0.4, -0.2) is 36.7 Å². The van der Waals surface area contributed by atoms with E-state index in [-0.39, 0.29) is 22.7 Å². The molecule has 1 aromatic carbocycles. The quantitative estimate of drug-likeness (QED) is 0.634. The van der Waals surface area contributed by atoms with Crippen molar-refractivity contribution in [1.29, 1.82) is 5.26 Å². The number of hydrogen-bond acceptors (Lipinski definition) is 5. The van der Waals surface area contributed by atoms with Crippen molar-refractivity contribution in [2.45, 2.75) is 52.4 Å². The number of hydrogen-bond donors (Lipinski definition) is 2. The Labute approximate surface area is 178 Å². The Morgan fingerprint density at radius 2 is 1.84 bits per heavy atom. The number of carbonyl (C=O) groups is 2. The van der Waals surface area contributed by atoms with E-state index in [0.29, 0.717) is 28.1 Å². The minimum atomic E-state index is -1.27. The van der Waals surface area contributed by atoms with Gasteiger partial charge in [-0.25, -0.2) is 19.6 Å². The van der Waals surface area contributed by atoms with Gasteiger partial charge in [0, 0.05) is 11.6 Å². The van der Waals surface area contributed by atoms with Crippen LogP contribution in [0.5, 0.6) is 0 Å². The predicted molar refractivity (Wildman–Crippen MR) is 113 cm³/mol. The summed E-state index contributed by atoms with van der Waals surface area (Å²) in [5.74, 6) is -2.43. The lowest BCUT2D eigenvalue weighted by atomic mass is 9.89. The van der Waals surface area contributed by atoms with Gasteiger partial charge in [-0.3, -0.25) is 4.57 Å². The van der Waals surface area contributed by atoms with Crippen LogP contribution >= 0.6 is 0 Å². The summed E-state index contributed by atoms with van der Waals surface area (Å²) in [5, 5.41) is 29.5. The molecule has 0 amide bonds. The highest BCUT2D eigenvalue weighted by atomic mass is 16.4. The SMILES string of the molecule is Cc1cc(C)c2nc(C3CC3)n(-c3c(C(=O)O)cc(C(C)C#N)c(C)c3C(=O)O)c2n1. The number of nitrogens with zero attached hydrogens (tertiary/aromatic N) is 4. The summed E-state index contributed by atoms with van der Waals surface area (Å²) in [6.45, 7) is 6.97. The first-order valence-corrected chi connectivity index (χ1v) is 10.1. The molecule has 1 unspecified atom stereocenters. The number of fused-ring (bicyclic) bond motifs is 1. The Morgan fingerprint density at radius 1 is 1.16 bits per heavy atom. The van der Waals surface area contributed by atoms with Crippen LogP contribution in [0.3, 0.4) is 0 Å². The lowest BCUT2D eigenvalue weighted by Crippen LogP contribution is -2.18. The Bertz CT molecular complexity index is 1310. The molecule has 0 aliphatic heterocycles. The molecule has 158 valence electrons. The number of aromatic carboxylic acids is 2. The topological polar surface area (TPSA) is 129 Å². The summed E-state index contributed by atoms with van der Waals surface area (Å²) in [6, 6.07) is 5.39. The molecule has 8 nitrogen and oxygen atoms in total. The molecule has 1 atom stereocenters. The standard InChI is InChI=1S/C23H22N4O4/c1-10-7-12(3)25-21-18(10)26-20(14-5-6-14)27(21)19-16(22(28)29)8-15(11(2)9-24)13(4)17(19)23(30)31/h7-8,11,14H,5-6H2,1-4H3,(H,28,29)(H,30,31). The van der Waals surface area contributed by atoms with E-state index in [9.17, 15) is 25.1 Å². The number of carboxylic acid groups (broad SMARTS) is 2. The van der Waals surface area contributed by atoms with E-state index < -0.39 is 17.9 Å². The molecule has 1 fully saturated rings. The molecule has 1 aliphatic carbocycles. The maximum Gasteiger partial charge on any atom is 0.338 e. The molecule has 8 heteroatoms. The van der Waals surface area contributed by atoms with E-state index in [2.05, 4.69) is 11.1 Å². The number of carboxylic acids is 2. The van der Waals surface area contributed by atoms with Crippen molar-refractivity contribution in [2.24, 2.45) is 0 Å². The van der Waals surface area contributed by atoms with Gasteiger partial charge in [0.2, 0.25) is 0 Å². The zero-order valence-corrected chi connectivity index (χ0v) is 17.7. The van der Waals surface area contributed by atoms with Gasteiger partial charge < -0.3 is 10.2 Å². The predicted octanol–water partition coefficient (Wildman–Crippen LogP) is 4.25. The van der Waals surface area contributed by atoms with Gasteiger partial charge in [-0.1, -0.05) is 0 Å².